The lowest BCUT2D eigenvalue weighted by Gasteiger charge is -2.19. The summed E-state index contributed by atoms with van der Waals surface area (Å²) in [6, 6.07) is 7.00. The maximum Gasteiger partial charge on any atom is 0.190 e. The third-order valence-electron chi connectivity index (χ3n) is 2.37. The predicted octanol–water partition coefficient (Wildman–Crippen LogP) is 2.84. The Morgan fingerprint density at radius 3 is 2.39 bits per heavy atom. The van der Waals surface area contributed by atoms with Gasteiger partial charge in [-0.15, -0.1) is 0 Å². The second-order valence-corrected chi connectivity index (χ2v) is 5.08. The normalized spacial score (nSPS) is 17.4. The summed E-state index contributed by atoms with van der Waals surface area (Å²) in [6.07, 6.45) is 1.16. The van der Waals surface area contributed by atoms with Crippen LogP contribution < -0.4 is 0 Å². The number of hydrogen-bond donors (Lipinski definition) is 1. The standard InChI is InChI=1S/C14H15NO3/c1-14(2,3)18-15-13-10-7-5-4-6-9(10)11(16)8-12(13)17/h4-8,17H,1-3H3. The Kier molecular flexibility index (Phi) is 2.95. The molecule has 0 fully saturated rings. The van der Waals surface area contributed by atoms with Crippen molar-refractivity contribution in [2.24, 2.45) is 5.16 Å². The van der Waals surface area contributed by atoms with Crippen molar-refractivity contribution >= 4 is 11.5 Å². The summed E-state index contributed by atoms with van der Waals surface area (Å²) in [7, 11) is 0. The molecule has 4 nitrogen and oxygen atoms in total. The van der Waals surface area contributed by atoms with Crippen molar-refractivity contribution in [2.45, 2.75) is 26.4 Å². The molecule has 0 aliphatic heterocycles. The van der Waals surface area contributed by atoms with Crippen LogP contribution in [-0.4, -0.2) is 22.2 Å². The molecular formula is C14H15NO3. The van der Waals surface area contributed by atoms with E-state index in [1.807, 2.05) is 20.8 Å². The molecule has 0 saturated carbocycles. The average Bonchev–Trinajstić information content (AvgIpc) is 2.27. The van der Waals surface area contributed by atoms with E-state index in [0.717, 1.165) is 6.08 Å². The highest BCUT2D eigenvalue weighted by atomic mass is 16.6. The van der Waals surface area contributed by atoms with Crippen LogP contribution in [0.2, 0.25) is 0 Å². The largest absolute Gasteiger partial charge is 0.505 e. The van der Waals surface area contributed by atoms with Gasteiger partial charge in [-0.3, -0.25) is 4.79 Å². The number of carbonyl (C=O) groups excluding carboxylic acids is 1. The maximum atomic E-state index is 11.7. The molecule has 0 amide bonds. The molecule has 1 aliphatic carbocycles. The zero-order valence-electron chi connectivity index (χ0n) is 10.6. The van der Waals surface area contributed by atoms with Crippen molar-refractivity contribution in [3.63, 3.8) is 0 Å². The van der Waals surface area contributed by atoms with E-state index in [1.54, 1.807) is 24.3 Å². The fourth-order valence-corrected chi connectivity index (χ4v) is 1.59. The zero-order chi connectivity index (χ0) is 13.3. The van der Waals surface area contributed by atoms with Crippen LogP contribution in [0, 0.1) is 0 Å². The van der Waals surface area contributed by atoms with Crippen LogP contribution in [0.25, 0.3) is 0 Å². The summed E-state index contributed by atoms with van der Waals surface area (Å²) in [5, 5.41) is 13.8. The molecule has 0 bridgehead atoms. The molecular weight excluding hydrogens is 230 g/mol. The molecule has 2 rings (SSSR count). The van der Waals surface area contributed by atoms with E-state index in [9.17, 15) is 9.90 Å². The number of nitrogens with zero attached hydrogens (tertiary/aromatic N) is 1. The van der Waals surface area contributed by atoms with Gasteiger partial charge in [0.15, 0.2) is 11.5 Å². The Balaban J connectivity index is 2.47. The number of hydrogen-bond acceptors (Lipinski definition) is 4. The molecule has 1 aromatic carbocycles. The lowest BCUT2D eigenvalue weighted by atomic mass is 9.93. The van der Waals surface area contributed by atoms with Gasteiger partial charge in [-0.1, -0.05) is 29.4 Å². The van der Waals surface area contributed by atoms with Crippen molar-refractivity contribution in [3.05, 3.63) is 47.2 Å². The van der Waals surface area contributed by atoms with Gasteiger partial charge in [0.1, 0.15) is 11.4 Å². The highest BCUT2D eigenvalue weighted by Crippen LogP contribution is 2.21. The topological polar surface area (TPSA) is 58.9 Å². The summed E-state index contributed by atoms with van der Waals surface area (Å²) in [4.78, 5) is 17.0. The van der Waals surface area contributed by atoms with Crippen LogP contribution in [0.4, 0.5) is 0 Å². The zero-order valence-corrected chi connectivity index (χ0v) is 10.6. The summed E-state index contributed by atoms with van der Waals surface area (Å²) >= 11 is 0. The number of rotatable bonds is 1. The number of ketones is 1. The molecule has 1 aliphatic rings. The van der Waals surface area contributed by atoms with Gasteiger partial charge in [-0.25, -0.2) is 0 Å². The number of fused-ring (bicyclic) bond motifs is 1. The monoisotopic (exact) mass is 245 g/mol. The number of allylic oxidation sites excluding steroid dienone is 2. The summed E-state index contributed by atoms with van der Waals surface area (Å²) in [5.74, 6) is -0.388. The van der Waals surface area contributed by atoms with Crippen molar-refractivity contribution in [2.75, 3.05) is 0 Å². The average molecular weight is 245 g/mol. The molecule has 0 spiro atoms. The van der Waals surface area contributed by atoms with Gasteiger partial charge < -0.3 is 9.94 Å². The van der Waals surface area contributed by atoms with Gasteiger partial charge in [0.25, 0.3) is 0 Å². The Hall–Kier alpha value is -2.10. The Morgan fingerprint density at radius 1 is 1.17 bits per heavy atom. The number of aliphatic hydroxyl groups is 1. The molecule has 1 aromatic rings. The molecule has 0 atom stereocenters. The minimum Gasteiger partial charge on any atom is -0.505 e. The summed E-state index contributed by atoms with van der Waals surface area (Å²) in [6.45, 7) is 5.58. The van der Waals surface area contributed by atoms with E-state index in [0.29, 0.717) is 16.8 Å². The smallest absolute Gasteiger partial charge is 0.190 e. The molecule has 4 heteroatoms. The van der Waals surface area contributed by atoms with E-state index in [1.165, 1.54) is 0 Å². The summed E-state index contributed by atoms with van der Waals surface area (Å²) < 4.78 is 0. The maximum absolute atomic E-state index is 11.7. The number of benzene rings is 1. The summed E-state index contributed by atoms with van der Waals surface area (Å²) in [5.41, 5.74) is 0.947. The van der Waals surface area contributed by atoms with Crippen LogP contribution in [0.1, 0.15) is 36.7 Å². The van der Waals surface area contributed by atoms with Gasteiger partial charge >= 0.3 is 0 Å². The van der Waals surface area contributed by atoms with Crippen molar-refractivity contribution < 1.29 is 14.7 Å². The van der Waals surface area contributed by atoms with E-state index in [4.69, 9.17) is 4.84 Å². The van der Waals surface area contributed by atoms with Crippen molar-refractivity contribution in [1.82, 2.24) is 0 Å². The second kappa shape index (κ2) is 4.29. The number of carbonyl (C=O) groups is 1. The van der Waals surface area contributed by atoms with Crippen molar-refractivity contribution in [1.29, 1.82) is 0 Å². The first-order chi connectivity index (χ1) is 8.38. The third kappa shape index (κ3) is 2.42. The van der Waals surface area contributed by atoms with Gasteiger partial charge in [0.2, 0.25) is 0 Å². The van der Waals surface area contributed by atoms with Gasteiger partial charge in [-0.2, -0.15) is 0 Å². The van der Waals surface area contributed by atoms with Crippen LogP contribution in [0.5, 0.6) is 0 Å². The quantitative estimate of drug-likeness (QED) is 0.774. The lowest BCUT2D eigenvalue weighted by molar-refractivity contribution is 0.000782. The minimum absolute atomic E-state index is 0.164. The van der Waals surface area contributed by atoms with Crippen LogP contribution >= 0.6 is 0 Å². The van der Waals surface area contributed by atoms with E-state index in [2.05, 4.69) is 5.16 Å². The Morgan fingerprint density at radius 2 is 1.78 bits per heavy atom. The predicted molar refractivity (Wildman–Crippen MR) is 68.9 cm³/mol. The highest BCUT2D eigenvalue weighted by Gasteiger charge is 2.24. The van der Waals surface area contributed by atoms with Crippen LogP contribution in [0.3, 0.4) is 0 Å². The number of oxime groups is 1. The number of aliphatic hydroxyl groups excluding tert-OH is 1. The lowest BCUT2D eigenvalue weighted by Crippen LogP contribution is -2.21. The SMILES string of the molecule is CC(C)(C)ON=C1C(O)=CC(=O)c2ccccc21. The first kappa shape index (κ1) is 12.4. The van der Waals surface area contributed by atoms with Crippen LogP contribution in [0.15, 0.2) is 41.3 Å². The fourth-order valence-electron chi connectivity index (χ4n) is 1.59. The first-order valence-corrected chi connectivity index (χ1v) is 5.69. The molecule has 0 unspecified atom stereocenters. The van der Waals surface area contributed by atoms with Gasteiger partial charge in [0.05, 0.1) is 0 Å². The highest BCUT2D eigenvalue weighted by molar-refractivity contribution is 6.25. The Labute approximate surface area is 106 Å². The molecule has 1 N–H and O–H groups in total. The molecule has 18 heavy (non-hydrogen) atoms. The molecule has 94 valence electrons. The van der Waals surface area contributed by atoms with E-state index >= 15 is 0 Å². The van der Waals surface area contributed by atoms with Gasteiger partial charge in [-0.05, 0) is 20.8 Å². The van der Waals surface area contributed by atoms with E-state index < -0.39 is 5.60 Å². The Bertz CT molecular complexity index is 550. The third-order valence-corrected chi connectivity index (χ3v) is 2.37. The molecule has 0 radical (unpaired) electrons. The van der Waals surface area contributed by atoms with Crippen LogP contribution in [-0.2, 0) is 4.84 Å². The van der Waals surface area contributed by atoms with E-state index in [-0.39, 0.29) is 11.5 Å². The van der Waals surface area contributed by atoms with Gasteiger partial charge in [0, 0.05) is 17.2 Å². The minimum atomic E-state index is -0.455. The molecule has 0 saturated heterocycles. The molecule has 0 heterocycles. The van der Waals surface area contributed by atoms with Crippen molar-refractivity contribution in [3.8, 4) is 0 Å². The first-order valence-electron chi connectivity index (χ1n) is 5.69. The second-order valence-electron chi connectivity index (χ2n) is 5.08. The molecule has 0 aromatic heterocycles. The fraction of sp³-hybridized carbons (Fsp3) is 0.286.